The van der Waals surface area contributed by atoms with Gasteiger partial charge in [0.15, 0.2) is 5.96 Å². The fraction of sp³-hybridized carbons (Fsp3) is 0.303. The number of hydrogen-bond acceptors (Lipinski definition) is 4. The van der Waals surface area contributed by atoms with E-state index in [1.54, 1.807) is 6.07 Å². The van der Waals surface area contributed by atoms with E-state index in [-0.39, 0.29) is 40.3 Å². The molecule has 3 aromatic rings. The van der Waals surface area contributed by atoms with E-state index in [2.05, 4.69) is 39.9 Å². The first kappa shape index (κ1) is 31.7. The van der Waals surface area contributed by atoms with Crippen LogP contribution in [-0.4, -0.2) is 60.9 Å². The summed E-state index contributed by atoms with van der Waals surface area (Å²) in [6.07, 6.45) is 4.40. The lowest BCUT2D eigenvalue weighted by Crippen LogP contribution is -2.49. The number of amides is 2. The zero-order chi connectivity index (χ0) is 30.6. The Balaban J connectivity index is 1.47. The Bertz CT molecular complexity index is 1360. The number of carbonyl (C=O) groups is 2. The van der Waals surface area contributed by atoms with Crippen molar-refractivity contribution in [2.45, 2.75) is 37.3 Å². The van der Waals surface area contributed by atoms with Crippen LogP contribution in [0.2, 0.25) is 5.02 Å². The molecule has 10 heteroatoms. The molecule has 1 heterocycles. The van der Waals surface area contributed by atoms with Gasteiger partial charge in [0.25, 0.3) is 0 Å². The van der Waals surface area contributed by atoms with Crippen molar-refractivity contribution in [1.29, 1.82) is 0 Å². The largest absolute Gasteiger partial charge is 0.370 e. The summed E-state index contributed by atoms with van der Waals surface area (Å²) >= 11 is 6.07. The lowest BCUT2D eigenvalue weighted by molar-refractivity contribution is -0.133. The van der Waals surface area contributed by atoms with Gasteiger partial charge >= 0.3 is 0 Å². The van der Waals surface area contributed by atoms with Gasteiger partial charge in [-0.25, -0.2) is 4.39 Å². The molecule has 0 spiro atoms. The van der Waals surface area contributed by atoms with Crippen LogP contribution in [0.15, 0.2) is 89.9 Å². The second-order valence-electron chi connectivity index (χ2n) is 10.5. The Kier molecular flexibility index (Phi) is 11.7. The van der Waals surface area contributed by atoms with E-state index in [4.69, 9.17) is 23.1 Å². The summed E-state index contributed by atoms with van der Waals surface area (Å²) < 4.78 is 14.1. The van der Waals surface area contributed by atoms with Gasteiger partial charge in [-0.05, 0) is 48.6 Å². The van der Waals surface area contributed by atoms with E-state index in [9.17, 15) is 14.0 Å². The van der Waals surface area contributed by atoms with Crippen molar-refractivity contribution in [3.63, 3.8) is 0 Å². The highest BCUT2D eigenvalue weighted by Gasteiger charge is 2.32. The Morgan fingerprint density at radius 3 is 2.37 bits per heavy atom. The van der Waals surface area contributed by atoms with Crippen molar-refractivity contribution >= 4 is 35.5 Å². The number of nitrogens with one attached hydrogen (secondary N) is 2. The maximum atomic E-state index is 14.1. The number of rotatable bonds is 12. The summed E-state index contributed by atoms with van der Waals surface area (Å²) in [6, 6.07) is 24.1. The molecule has 0 aliphatic carbocycles. The van der Waals surface area contributed by atoms with E-state index in [1.807, 2.05) is 41.3 Å². The molecule has 0 unspecified atom stereocenters. The first-order valence-corrected chi connectivity index (χ1v) is 14.8. The highest BCUT2D eigenvalue weighted by Crippen LogP contribution is 2.27. The van der Waals surface area contributed by atoms with E-state index < -0.39 is 11.9 Å². The van der Waals surface area contributed by atoms with Crippen LogP contribution in [0.4, 0.5) is 4.39 Å². The van der Waals surface area contributed by atoms with Gasteiger partial charge in [0.1, 0.15) is 5.82 Å². The summed E-state index contributed by atoms with van der Waals surface area (Å²) in [5.74, 6) is -0.870. The number of halogens is 2. The molecular formula is C33H38ClFN6O2. The van der Waals surface area contributed by atoms with Gasteiger partial charge in [0.2, 0.25) is 11.8 Å². The number of hydrogen-bond donors (Lipinski definition) is 4. The van der Waals surface area contributed by atoms with Crippen LogP contribution in [0.3, 0.4) is 0 Å². The predicted molar refractivity (Wildman–Crippen MR) is 170 cm³/mol. The summed E-state index contributed by atoms with van der Waals surface area (Å²) in [5, 5.41) is 6.56. The molecule has 6 N–H and O–H groups in total. The molecule has 8 nitrogen and oxygen atoms in total. The van der Waals surface area contributed by atoms with Gasteiger partial charge < -0.3 is 27.0 Å². The van der Waals surface area contributed by atoms with Gasteiger partial charge in [-0.2, -0.15) is 0 Å². The minimum atomic E-state index is -0.506. The zero-order valence-electron chi connectivity index (χ0n) is 24.0. The van der Waals surface area contributed by atoms with Gasteiger partial charge in [0, 0.05) is 49.8 Å². The minimum Gasteiger partial charge on any atom is -0.370 e. The molecule has 0 radical (unpaired) electrons. The van der Waals surface area contributed by atoms with Crippen LogP contribution in [0, 0.1) is 5.82 Å². The second-order valence-corrected chi connectivity index (χ2v) is 10.9. The maximum absolute atomic E-state index is 14.1. The third kappa shape index (κ3) is 9.39. The van der Waals surface area contributed by atoms with Crippen molar-refractivity contribution in [1.82, 2.24) is 15.5 Å². The van der Waals surface area contributed by atoms with Crippen LogP contribution < -0.4 is 22.1 Å². The third-order valence-corrected chi connectivity index (χ3v) is 7.80. The highest BCUT2D eigenvalue weighted by molar-refractivity contribution is 6.32. The molecule has 1 saturated heterocycles. The normalized spacial score (nSPS) is 17.2. The number of nitrogens with zero attached hydrogens (tertiary/aromatic N) is 2. The van der Waals surface area contributed by atoms with Gasteiger partial charge in [-0.3, -0.25) is 14.6 Å². The second kappa shape index (κ2) is 15.9. The molecule has 2 amide bonds. The minimum absolute atomic E-state index is 0.000217. The maximum Gasteiger partial charge on any atom is 0.244 e. The Morgan fingerprint density at radius 1 is 1.07 bits per heavy atom. The number of aliphatic imine (C=N–C) groups is 1. The molecule has 2 atom stereocenters. The van der Waals surface area contributed by atoms with Crippen molar-refractivity contribution < 1.29 is 14.0 Å². The van der Waals surface area contributed by atoms with Crippen LogP contribution in [0.5, 0.6) is 0 Å². The molecule has 0 saturated carbocycles. The van der Waals surface area contributed by atoms with Gasteiger partial charge in [0.05, 0.1) is 11.1 Å². The Hall–Kier alpha value is -4.21. The highest BCUT2D eigenvalue weighted by atomic mass is 35.5. The van der Waals surface area contributed by atoms with Crippen molar-refractivity contribution in [3.05, 3.63) is 112 Å². The standard InChI is InChI=1S/C33H38ClFN6O2/c34-28-13-7-14-29(35)26(28)16-17-31(42)39-21-25-18-20-41(32(43)30(40-25)15-8-19-38-33(36)37)22-27(23-9-3-1-4-10-23)24-11-5-2-6-12-24/h1-7,9-14,16-17,25,27,30,40H,8,15,18-22H2,(H,39,42)(H4,36,37,38)/t25-,30-/m0/s1. The summed E-state index contributed by atoms with van der Waals surface area (Å²) in [6.45, 7) is 1.74. The molecule has 226 valence electrons. The molecule has 0 bridgehead atoms. The van der Waals surface area contributed by atoms with Gasteiger partial charge in [-0.1, -0.05) is 78.3 Å². The molecule has 43 heavy (non-hydrogen) atoms. The van der Waals surface area contributed by atoms with Gasteiger partial charge in [-0.15, -0.1) is 0 Å². The first-order valence-electron chi connectivity index (χ1n) is 14.4. The number of benzene rings is 3. The molecule has 1 aliphatic rings. The number of nitrogens with two attached hydrogens (primary N) is 2. The van der Waals surface area contributed by atoms with Crippen LogP contribution in [0.25, 0.3) is 6.08 Å². The topological polar surface area (TPSA) is 126 Å². The summed E-state index contributed by atoms with van der Waals surface area (Å²) in [4.78, 5) is 32.5. The monoisotopic (exact) mass is 604 g/mol. The quantitative estimate of drug-likeness (QED) is 0.107. The molecular weight excluding hydrogens is 567 g/mol. The number of carbonyl (C=O) groups excluding carboxylic acids is 2. The zero-order valence-corrected chi connectivity index (χ0v) is 24.7. The van der Waals surface area contributed by atoms with E-state index in [1.165, 1.54) is 24.3 Å². The van der Waals surface area contributed by atoms with E-state index >= 15 is 0 Å². The lowest BCUT2D eigenvalue weighted by Gasteiger charge is -2.29. The first-order chi connectivity index (χ1) is 20.8. The average Bonchev–Trinajstić information content (AvgIpc) is 3.15. The molecule has 1 aliphatic heterocycles. The fourth-order valence-electron chi connectivity index (χ4n) is 5.24. The van der Waals surface area contributed by atoms with Crippen molar-refractivity contribution in [2.24, 2.45) is 16.5 Å². The SMILES string of the molecule is NC(N)=NCCC[C@@H]1N[C@H](CNC(=O)C=Cc2c(F)cccc2Cl)CCN(CC(c2ccccc2)c2ccccc2)C1=O. The number of guanidine groups is 1. The molecule has 1 fully saturated rings. The van der Waals surface area contributed by atoms with E-state index in [0.29, 0.717) is 45.4 Å². The Labute approximate surface area is 257 Å². The predicted octanol–water partition coefficient (Wildman–Crippen LogP) is 4.05. The summed E-state index contributed by atoms with van der Waals surface area (Å²) in [7, 11) is 0. The third-order valence-electron chi connectivity index (χ3n) is 7.47. The fourth-order valence-corrected chi connectivity index (χ4v) is 5.47. The molecule has 4 rings (SSSR count). The average molecular weight is 605 g/mol. The Morgan fingerprint density at radius 2 is 1.74 bits per heavy atom. The van der Waals surface area contributed by atoms with E-state index in [0.717, 1.165) is 11.1 Å². The van der Waals surface area contributed by atoms with Crippen molar-refractivity contribution in [3.8, 4) is 0 Å². The molecule has 3 aromatic carbocycles. The van der Waals surface area contributed by atoms with Crippen LogP contribution >= 0.6 is 11.6 Å². The lowest BCUT2D eigenvalue weighted by atomic mass is 9.90. The van der Waals surface area contributed by atoms with Crippen LogP contribution in [0.1, 0.15) is 41.9 Å². The summed E-state index contributed by atoms with van der Waals surface area (Å²) in [5.41, 5.74) is 13.4. The van der Waals surface area contributed by atoms with Crippen molar-refractivity contribution in [2.75, 3.05) is 26.2 Å². The van der Waals surface area contributed by atoms with Crippen LogP contribution in [-0.2, 0) is 9.59 Å². The smallest absolute Gasteiger partial charge is 0.244 e. The molecule has 0 aromatic heterocycles.